The van der Waals surface area contributed by atoms with Crippen LogP contribution in [0.2, 0.25) is 0 Å². The second kappa shape index (κ2) is 11.2. The summed E-state index contributed by atoms with van der Waals surface area (Å²) in [6, 6.07) is 0.393. The van der Waals surface area contributed by atoms with Gasteiger partial charge in [-0.2, -0.15) is 5.10 Å². The number of nitrogens with one attached hydrogen (secondary N) is 2. The van der Waals surface area contributed by atoms with E-state index in [0.717, 1.165) is 51.6 Å². The van der Waals surface area contributed by atoms with Crippen LogP contribution in [-0.4, -0.2) is 60.7 Å². The summed E-state index contributed by atoms with van der Waals surface area (Å²) in [5.74, 6) is 1.43. The number of aryl methyl sites for hydroxylation is 1. The number of nitrogens with zero attached hydrogens (tertiary/aromatic N) is 4. The van der Waals surface area contributed by atoms with Crippen molar-refractivity contribution in [2.24, 2.45) is 18.0 Å². The van der Waals surface area contributed by atoms with Crippen molar-refractivity contribution in [3.8, 4) is 0 Å². The van der Waals surface area contributed by atoms with Crippen LogP contribution in [0.4, 0.5) is 5.69 Å². The molecule has 1 aromatic rings. The first kappa shape index (κ1) is 21.5. The second-order valence-corrected chi connectivity index (χ2v) is 7.59. The molecule has 0 aromatic carbocycles. The van der Waals surface area contributed by atoms with E-state index in [9.17, 15) is 0 Å². The van der Waals surface area contributed by atoms with Crippen molar-refractivity contribution in [3.05, 3.63) is 12.4 Å². The number of anilines is 1. The molecule has 7 nitrogen and oxygen atoms in total. The van der Waals surface area contributed by atoms with Gasteiger partial charge in [-0.05, 0) is 39.0 Å². The lowest BCUT2D eigenvalue weighted by atomic mass is 10.0. The minimum atomic E-state index is 0.275. The Balaban J connectivity index is 1.89. The van der Waals surface area contributed by atoms with Crippen LogP contribution in [0.25, 0.3) is 0 Å². The van der Waals surface area contributed by atoms with Gasteiger partial charge >= 0.3 is 0 Å². The molecule has 2 atom stereocenters. The smallest absolute Gasteiger partial charge is 0.191 e. The maximum atomic E-state index is 5.84. The Morgan fingerprint density at radius 3 is 2.85 bits per heavy atom. The zero-order valence-corrected chi connectivity index (χ0v) is 17.7. The van der Waals surface area contributed by atoms with E-state index < -0.39 is 0 Å². The predicted molar refractivity (Wildman–Crippen MR) is 112 cm³/mol. The van der Waals surface area contributed by atoms with Crippen molar-refractivity contribution in [2.75, 3.05) is 37.7 Å². The van der Waals surface area contributed by atoms with Crippen LogP contribution in [0.5, 0.6) is 0 Å². The van der Waals surface area contributed by atoms with E-state index in [1.807, 2.05) is 17.9 Å². The maximum absolute atomic E-state index is 5.84. The highest BCUT2D eigenvalue weighted by atomic mass is 16.5. The van der Waals surface area contributed by atoms with Crippen LogP contribution in [0.15, 0.2) is 17.4 Å². The minimum absolute atomic E-state index is 0.275. The summed E-state index contributed by atoms with van der Waals surface area (Å²) in [5, 5.41) is 11.3. The lowest BCUT2D eigenvalue weighted by Crippen LogP contribution is -2.51. The molecule has 0 spiro atoms. The van der Waals surface area contributed by atoms with E-state index in [-0.39, 0.29) is 6.10 Å². The standard InChI is InChI=1S/C20H38N6O/c1-6-21-20(22-11-10-19(16(3)4)27-7-2)24-17-9-8-12-26(14-17)18-13-23-25(5)15-18/h13,15-17,19H,6-12,14H2,1-5H3,(H2,21,22,24). The van der Waals surface area contributed by atoms with Crippen LogP contribution >= 0.6 is 0 Å². The van der Waals surface area contributed by atoms with Crippen molar-refractivity contribution >= 4 is 11.6 Å². The van der Waals surface area contributed by atoms with Crippen molar-refractivity contribution < 1.29 is 4.74 Å². The van der Waals surface area contributed by atoms with Crippen LogP contribution < -0.4 is 15.5 Å². The van der Waals surface area contributed by atoms with Gasteiger partial charge in [-0.1, -0.05) is 13.8 Å². The number of aromatic nitrogens is 2. The lowest BCUT2D eigenvalue weighted by molar-refractivity contribution is 0.0266. The summed E-state index contributed by atoms with van der Waals surface area (Å²) in [7, 11) is 1.96. The van der Waals surface area contributed by atoms with Crippen molar-refractivity contribution in [1.82, 2.24) is 20.4 Å². The summed E-state index contributed by atoms with van der Waals surface area (Å²) >= 11 is 0. The number of guanidine groups is 1. The van der Waals surface area contributed by atoms with Gasteiger partial charge in [0.15, 0.2) is 5.96 Å². The highest BCUT2D eigenvalue weighted by Crippen LogP contribution is 2.19. The number of rotatable bonds is 9. The molecule has 1 aliphatic rings. The fourth-order valence-corrected chi connectivity index (χ4v) is 3.54. The number of hydrogen-bond donors (Lipinski definition) is 2. The molecule has 0 saturated carbocycles. The molecule has 2 rings (SSSR count). The van der Waals surface area contributed by atoms with E-state index in [4.69, 9.17) is 9.73 Å². The third kappa shape index (κ3) is 7.05. The minimum Gasteiger partial charge on any atom is -0.378 e. The van der Waals surface area contributed by atoms with E-state index in [1.54, 1.807) is 0 Å². The normalized spacial score (nSPS) is 19.4. The Hall–Kier alpha value is -1.76. The van der Waals surface area contributed by atoms with Crippen LogP contribution in [-0.2, 0) is 11.8 Å². The Morgan fingerprint density at radius 2 is 2.22 bits per heavy atom. The molecule has 0 amide bonds. The van der Waals surface area contributed by atoms with E-state index >= 15 is 0 Å². The first-order valence-electron chi connectivity index (χ1n) is 10.4. The molecule has 2 unspecified atom stereocenters. The van der Waals surface area contributed by atoms with Crippen LogP contribution in [0.1, 0.15) is 47.0 Å². The van der Waals surface area contributed by atoms with Crippen LogP contribution in [0.3, 0.4) is 0 Å². The van der Waals surface area contributed by atoms with E-state index in [2.05, 4.69) is 54.5 Å². The van der Waals surface area contributed by atoms with Gasteiger partial charge in [0.25, 0.3) is 0 Å². The van der Waals surface area contributed by atoms with Crippen molar-refractivity contribution in [3.63, 3.8) is 0 Å². The van der Waals surface area contributed by atoms with Gasteiger partial charge in [0, 0.05) is 52.1 Å². The molecule has 1 aliphatic heterocycles. The molecule has 27 heavy (non-hydrogen) atoms. The molecule has 2 heterocycles. The quantitative estimate of drug-likeness (QED) is 0.510. The molecule has 0 aliphatic carbocycles. The average Bonchev–Trinajstić information content (AvgIpc) is 3.07. The van der Waals surface area contributed by atoms with E-state index in [0.29, 0.717) is 12.0 Å². The Labute approximate surface area is 164 Å². The number of ether oxygens (including phenoxy) is 1. The first-order chi connectivity index (χ1) is 13.0. The van der Waals surface area contributed by atoms with Crippen molar-refractivity contribution in [2.45, 2.75) is 59.1 Å². The Kier molecular flexibility index (Phi) is 8.91. The number of hydrogen-bond acceptors (Lipinski definition) is 4. The maximum Gasteiger partial charge on any atom is 0.191 e. The Morgan fingerprint density at radius 1 is 1.41 bits per heavy atom. The molecular formula is C20H38N6O. The number of piperidine rings is 1. The largest absolute Gasteiger partial charge is 0.378 e. The lowest BCUT2D eigenvalue weighted by Gasteiger charge is -2.34. The zero-order valence-electron chi connectivity index (χ0n) is 17.7. The molecular weight excluding hydrogens is 340 g/mol. The molecule has 7 heteroatoms. The third-order valence-electron chi connectivity index (χ3n) is 4.97. The molecule has 154 valence electrons. The molecule has 0 bridgehead atoms. The van der Waals surface area contributed by atoms with Gasteiger partial charge in [0.1, 0.15) is 0 Å². The predicted octanol–water partition coefficient (Wildman–Crippen LogP) is 2.40. The highest BCUT2D eigenvalue weighted by molar-refractivity contribution is 5.80. The highest BCUT2D eigenvalue weighted by Gasteiger charge is 2.22. The zero-order chi connectivity index (χ0) is 19.6. The first-order valence-corrected chi connectivity index (χ1v) is 10.4. The van der Waals surface area contributed by atoms with E-state index in [1.165, 1.54) is 12.1 Å². The molecule has 2 N–H and O–H groups in total. The fourth-order valence-electron chi connectivity index (χ4n) is 3.54. The van der Waals surface area contributed by atoms with Gasteiger partial charge in [0.2, 0.25) is 0 Å². The average molecular weight is 379 g/mol. The summed E-state index contributed by atoms with van der Waals surface area (Å²) in [6.07, 6.45) is 7.59. The molecule has 1 saturated heterocycles. The SMILES string of the molecule is CCNC(=NCCC(OCC)C(C)C)NC1CCCN(c2cnn(C)c2)C1. The second-order valence-electron chi connectivity index (χ2n) is 7.59. The summed E-state index contributed by atoms with van der Waals surface area (Å²) in [5.41, 5.74) is 1.20. The summed E-state index contributed by atoms with van der Waals surface area (Å²) in [6.45, 7) is 13.0. The van der Waals surface area contributed by atoms with Gasteiger partial charge in [-0.25, -0.2) is 0 Å². The monoisotopic (exact) mass is 378 g/mol. The summed E-state index contributed by atoms with van der Waals surface area (Å²) in [4.78, 5) is 7.20. The Bertz CT molecular complexity index is 571. The van der Waals surface area contributed by atoms with Gasteiger partial charge in [-0.3, -0.25) is 9.67 Å². The van der Waals surface area contributed by atoms with Gasteiger partial charge < -0.3 is 20.3 Å². The third-order valence-corrected chi connectivity index (χ3v) is 4.97. The van der Waals surface area contributed by atoms with Gasteiger partial charge in [0.05, 0.1) is 18.0 Å². The molecule has 1 fully saturated rings. The molecule has 0 radical (unpaired) electrons. The van der Waals surface area contributed by atoms with Gasteiger partial charge in [-0.15, -0.1) is 0 Å². The fraction of sp³-hybridized carbons (Fsp3) is 0.800. The van der Waals surface area contributed by atoms with Crippen molar-refractivity contribution in [1.29, 1.82) is 0 Å². The number of aliphatic imine (C=N–C) groups is 1. The molecule has 1 aromatic heterocycles. The summed E-state index contributed by atoms with van der Waals surface area (Å²) < 4.78 is 7.70. The van der Waals surface area contributed by atoms with Crippen LogP contribution in [0, 0.1) is 5.92 Å². The topological polar surface area (TPSA) is 66.7 Å².